The summed E-state index contributed by atoms with van der Waals surface area (Å²) in [5.41, 5.74) is 2.87. The molecule has 0 radical (unpaired) electrons. The van der Waals surface area contributed by atoms with E-state index in [1.807, 2.05) is 13.0 Å². The fraction of sp³-hybridized carbons (Fsp3) is 0.179. The molecule has 4 rings (SSSR count). The number of nitrogens with one attached hydrogen (secondary N) is 2. The van der Waals surface area contributed by atoms with Gasteiger partial charge < -0.3 is 24.5 Å². The third-order valence-electron chi connectivity index (χ3n) is 5.88. The standard InChI is InChI=1S/C28H26N2O6/c1-17-23-13-12-22(35-3)16-25(23)36-28(33)24(17)14-15-26(31)29-19-6-4-18(5-7-19)27(32)30-20-8-10-21(34-2)11-9-20/h4-13,16H,14-15H2,1-3H3,(H,29,31)(H,30,32). The zero-order valence-electron chi connectivity index (χ0n) is 20.2. The van der Waals surface area contributed by atoms with Gasteiger partial charge in [-0.25, -0.2) is 4.79 Å². The lowest BCUT2D eigenvalue weighted by molar-refractivity contribution is -0.116. The fourth-order valence-corrected chi connectivity index (χ4v) is 3.84. The molecule has 0 atom stereocenters. The molecule has 0 saturated heterocycles. The third-order valence-corrected chi connectivity index (χ3v) is 5.88. The summed E-state index contributed by atoms with van der Waals surface area (Å²) in [6, 6.07) is 18.9. The van der Waals surface area contributed by atoms with Gasteiger partial charge in [-0.1, -0.05) is 0 Å². The van der Waals surface area contributed by atoms with Crippen molar-refractivity contribution in [2.75, 3.05) is 24.9 Å². The van der Waals surface area contributed by atoms with Crippen LogP contribution in [-0.2, 0) is 11.2 Å². The van der Waals surface area contributed by atoms with Crippen LogP contribution < -0.4 is 25.7 Å². The lowest BCUT2D eigenvalue weighted by Crippen LogP contribution is -2.17. The van der Waals surface area contributed by atoms with E-state index >= 15 is 0 Å². The van der Waals surface area contributed by atoms with Gasteiger partial charge >= 0.3 is 5.63 Å². The largest absolute Gasteiger partial charge is 0.497 e. The first-order chi connectivity index (χ1) is 17.4. The van der Waals surface area contributed by atoms with Gasteiger partial charge in [-0.15, -0.1) is 0 Å². The van der Waals surface area contributed by atoms with Crippen LogP contribution in [0.1, 0.15) is 27.9 Å². The highest BCUT2D eigenvalue weighted by Crippen LogP contribution is 2.24. The van der Waals surface area contributed by atoms with Gasteiger partial charge in [0.05, 0.1) is 14.2 Å². The molecule has 1 aromatic heterocycles. The fourth-order valence-electron chi connectivity index (χ4n) is 3.84. The number of aryl methyl sites for hydroxylation is 1. The summed E-state index contributed by atoms with van der Waals surface area (Å²) in [5.74, 6) is 0.778. The molecule has 0 aliphatic carbocycles. The lowest BCUT2D eigenvalue weighted by atomic mass is 10.0. The van der Waals surface area contributed by atoms with E-state index in [1.165, 1.54) is 0 Å². The van der Waals surface area contributed by atoms with Gasteiger partial charge in [0.15, 0.2) is 0 Å². The second-order valence-electron chi connectivity index (χ2n) is 8.16. The second-order valence-corrected chi connectivity index (χ2v) is 8.16. The minimum atomic E-state index is -0.465. The number of methoxy groups -OCH3 is 2. The number of carbonyl (C=O) groups is 2. The Labute approximate surface area is 207 Å². The first-order valence-corrected chi connectivity index (χ1v) is 11.3. The molecule has 36 heavy (non-hydrogen) atoms. The molecule has 0 aliphatic rings. The normalized spacial score (nSPS) is 10.6. The van der Waals surface area contributed by atoms with Crippen LogP contribution in [0, 0.1) is 6.92 Å². The molecule has 8 nitrogen and oxygen atoms in total. The van der Waals surface area contributed by atoms with Crippen molar-refractivity contribution in [3.8, 4) is 11.5 Å². The number of benzene rings is 3. The van der Waals surface area contributed by atoms with E-state index in [1.54, 1.807) is 74.9 Å². The minimum absolute atomic E-state index is 0.104. The molecule has 8 heteroatoms. The van der Waals surface area contributed by atoms with Gasteiger partial charge in [-0.2, -0.15) is 0 Å². The molecule has 0 spiro atoms. The molecule has 184 valence electrons. The van der Waals surface area contributed by atoms with Crippen molar-refractivity contribution >= 4 is 34.2 Å². The van der Waals surface area contributed by atoms with Gasteiger partial charge in [0, 0.05) is 40.4 Å². The van der Waals surface area contributed by atoms with Crippen LogP contribution in [-0.4, -0.2) is 26.0 Å². The van der Waals surface area contributed by atoms with Crippen molar-refractivity contribution in [3.63, 3.8) is 0 Å². The number of rotatable bonds is 8. The smallest absolute Gasteiger partial charge is 0.339 e. The maximum atomic E-state index is 12.5. The first kappa shape index (κ1) is 24.5. The Bertz CT molecular complexity index is 1460. The molecule has 2 N–H and O–H groups in total. The molecule has 0 fully saturated rings. The van der Waals surface area contributed by atoms with Crippen LogP contribution >= 0.6 is 0 Å². The summed E-state index contributed by atoms with van der Waals surface area (Å²) in [4.78, 5) is 37.5. The van der Waals surface area contributed by atoms with Crippen molar-refractivity contribution in [2.24, 2.45) is 0 Å². The summed E-state index contributed by atoms with van der Waals surface area (Å²) < 4.78 is 15.7. The lowest BCUT2D eigenvalue weighted by Gasteiger charge is -2.10. The van der Waals surface area contributed by atoms with Crippen molar-refractivity contribution in [1.29, 1.82) is 0 Å². The summed E-state index contributed by atoms with van der Waals surface area (Å²) in [6.07, 6.45) is 0.345. The summed E-state index contributed by atoms with van der Waals surface area (Å²) in [6.45, 7) is 1.84. The quantitative estimate of drug-likeness (QED) is 0.342. The molecule has 0 aliphatic heterocycles. The Balaban J connectivity index is 1.36. The SMILES string of the molecule is COc1ccc(NC(=O)c2ccc(NC(=O)CCc3c(C)c4ccc(OC)cc4oc3=O)cc2)cc1. The molecular formula is C28H26N2O6. The number of carbonyl (C=O) groups excluding carboxylic acids is 2. The monoisotopic (exact) mass is 486 g/mol. The molecule has 0 bridgehead atoms. The molecule has 4 aromatic rings. The number of amides is 2. The van der Waals surface area contributed by atoms with Gasteiger partial charge in [0.1, 0.15) is 17.1 Å². The van der Waals surface area contributed by atoms with E-state index < -0.39 is 5.63 Å². The van der Waals surface area contributed by atoms with E-state index in [0.29, 0.717) is 39.6 Å². The summed E-state index contributed by atoms with van der Waals surface area (Å²) in [7, 11) is 3.12. The maximum absolute atomic E-state index is 12.5. The Morgan fingerprint density at radius 1 is 0.833 bits per heavy atom. The van der Waals surface area contributed by atoms with Gasteiger partial charge in [0.2, 0.25) is 5.91 Å². The van der Waals surface area contributed by atoms with Crippen molar-refractivity contribution in [1.82, 2.24) is 0 Å². The van der Waals surface area contributed by atoms with Crippen LogP contribution in [0.2, 0.25) is 0 Å². The summed E-state index contributed by atoms with van der Waals surface area (Å²) in [5, 5.41) is 6.41. The van der Waals surface area contributed by atoms with Crippen LogP contribution in [0.5, 0.6) is 11.5 Å². The molecule has 0 saturated carbocycles. The van der Waals surface area contributed by atoms with Crippen molar-refractivity contribution in [3.05, 3.63) is 93.8 Å². The molecule has 3 aromatic carbocycles. The maximum Gasteiger partial charge on any atom is 0.339 e. The molecular weight excluding hydrogens is 460 g/mol. The highest BCUT2D eigenvalue weighted by molar-refractivity contribution is 6.04. The average molecular weight is 487 g/mol. The van der Waals surface area contributed by atoms with Crippen molar-refractivity contribution in [2.45, 2.75) is 19.8 Å². The zero-order chi connectivity index (χ0) is 25.7. The Hall–Kier alpha value is -4.59. The van der Waals surface area contributed by atoms with E-state index in [-0.39, 0.29) is 24.7 Å². The van der Waals surface area contributed by atoms with E-state index in [4.69, 9.17) is 13.9 Å². The summed E-state index contributed by atoms with van der Waals surface area (Å²) >= 11 is 0. The average Bonchev–Trinajstić information content (AvgIpc) is 2.89. The number of ether oxygens (including phenoxy) is 2. The first-order valence-electron chi connectivity index (χ1n) is 11.3. The topological polar surface area (TPSA) is 107 Å². The number of anilines is 2. The van der Waals surface area contributed by atoms with Gasteiger partial charge in [-0.05, 0) is 79.6 Å². The van der Waals surface area contributed by atoms with E-state index in [0.717, 1.165) is 10.9 Å². The molecule has 2 amide bonds. The predicted octanol–water partition coefficient (Wildman–Crippen LogP) is 4.94. The van der Waals surface area contributed by atoms with Crippen LogP contribution in [0.4, 0.5) is 11.4 Å². The second kappa shape index (κ2) is 10.8. The molecule has 0 unspecified atom stereocenters. The minimum Gasteiger partial charge on any atom is -0.497 e. The van der Waals surface area contributed by atoms with E-state index in [9.17, 15) is 14.4 Å². The molecule has 1 heterocycles. The Morgan fingerprint density at radius 2 is 1.44 bits per heavy atom. The van der Waals surface area contributed by atoms with Crippen LogP contribution in [0.25, 0.3) is 11.0 Å². The number of hydrogen-bond acceptors (Lipinski definition) is 6. The highest BCUT2D eigenvalue weighted by Gasteiger charge is 2.14. The number of fused-ring (bicyclic) bond motifs is 1. The van der Waals surface area contributed by atoms with Crippen LogP contribution in [0.15, 0.2) is 75.9 Å². The Kier molecular flexibility index (Phi) is 7.34. The van der Waals surface area contributed by atoms with Crippen LogP contribution in [0.3, 0.4) is 0 Å². The van der Waals surface area contributed by atoms with Gasteiger partial charge in [-0.3, -0.25) is 9.59 Å². The third kappa shape index (κ3) is 5.55. The highest BCUT2D eigenvalue weighted by atomic mass is 16.5. The van der Waals surface area contributed by atoms with Gasteiger partial charge in [0.25, 0.3) is 5.91 Å². The van der Waals surface area contributed by atoms with Crippen molar-refractivity contribution < 1.29 is 23.5 Å². The zero-order valence-corrected chi connectivity index (χ0v) is 20.2. The Morgan fingerprint density at radius 3 is 2.11 bits per heavy atom. The number of hydrogen-bond donors (Lipinski definition) is 2. The predicted molar refractivity (Wildman–Crippen MR) is 138 cm³/mol. The van der Waals surface area contributed by atoms with E-state index in [2.05, 4.69) is 10.6 Å².